The van der Waals surface area contributed by atoms with Crippen molar-refractivity contribution in [3.8, 4) is 0 Å². The first-order valence-electron chi connectivity index (χ1n) is 4.91. The molecule has 88 valence electrons. The number of halogens is 2. The zero-order valence-electron chi connectivity index (χ0n) is 8.84. The van der Waals surface area contributed by atoms with Crippen LogP contribution in [0.2, 0.25) is 5.02 Å². The van der Waals surface area contributed by atoms with Gasteiger partial charge in [-0.25, -0.2) is 0 Å². The van der Waals surface area contributed by atoms with E-state index in [1.807, 2.05) is 25.1 Å². The summed E-state index contributed by atoms with van der Waals surface area (Å²) in [5, 5.41) is 12.3. The molecular weight excluding hydrogens is 293 g/mol. The molecule has 2 N–H and O–H groups in total. The van der Waals surface area contributed by atoms with Crippen LogP contribution in [0.4, 0.5) is 0 Å². The first kappa shape index (κ1) is 13.5. The number of hydrogen-bond acceptors (Lipinski definition) is 2. The van der Waals surface area contributed by atoms with E-state index < -0.39 is 5.97 Å². The molecule has 1 aromatic rings. The number of carboxylic acid groups (broad SMARTS) is 1. The molecule has 0 aliphatic heterocycles. The Morgan fingerprint density at radius 1 is 1.62 bits per heavy atom. The van der Waals surface area contributed by atoms with Gasteiger partial charge >= 0.3 is 5.97 Å². The van der Waals surface area contributed by atoms with Gasteiger partial charge in [0, 0.05) is 22.1 Å². The molecule has 0 aliphatic carbocycles. The SMILES string of the molecule is CC(NCCC(=O)O)c1ccc(Br)cc1Cl. The lowest BCUT2D eigenvalue weighted by Gasteiger charge is -2.15. The summed E-state index contributed by atoms with van der Waals surface area (Å²) in [4.78, 5) is 10.4. The molecule has 1 unspecified atom stereocenters. The summed E-state index contributed by atoms with van der Waals surface area (Å²) in [6.07, 6.45) is 0.110. The van der Waals surface area contributed by atoms with E-state index in [1.54, 1.807) is 0 Å². The van der Waals surface area contributed by atoms with Gasteiger partial charge in [-0.3, -0.25) is 4.79 Å². The average molecular weight is 307 g/mol. The number of carbonyl (C=O) groups is 1. The zero-order chi connectivity index (χ0) is 12.1. The third kappa shape index (κ3) is 4.12. The summed E-state index contributed by atoms with van der Waals surface area (Å²) in [6, 6.07) is 5.70. The molecule has 0 spiro atoms. The number of benzene rings is 1. The van der Waals surface area contributed by atoms with Gasteiger partial charge in [0.1, 0.15) is 0 Å². The van der Waals surface area contributed by atoms with Gasteiger partial charge in [-0.15, -0.1) is 0 Å². The van der Waals surface area contributed by atoms with Crippen molar-refractivity contribution in [3.63, 3.8) is 0 Å². The molecular formula is C11H13BrClNO2. The van der Waals surface area contributed by atoms with E-state index in [0.717, 1.165) is 10.0 Å². The van der Waals surface area contributed by atoms with Crippen molar-refractivity contribution in [2.75, 3.05) is 6.54 Å². The second-order valence-electron chi connectivity index (χ2n) is 3.49. The number of carboxylic acids is 1. The Kier molecular flexibility index (Phi) is 5.25. The third-order valence-corrected chi connectivity index (χ3v) is 3.04. The predicted molar refractivity (Wildman–Crippen MR) is 67.8 cm³/mol. The minimum absolute atomic E-state index is 0.0416. The number of hydrogen-bond donors (Lipinski definition) is 2. The lowest BCUT2D eigenvalue weighted by molar-refractivity contribution is -0.136. The topological polar surface area (TPSA) is 49.3 Å². The van der Waals surface area contributed by atoms with E-state index in [1.165, 1.54) is 0 Å². The maximum atomic E-state index is 10.4. The van der Waals surface area contributed by atoms with E-state index >= 15 is 0 Å². The van der Waals surface area contributed by atoms with E-state index in [2.05, 4.69) is 21.2 Å². The Balaban J connectivity index is 2.58. The Hall–Kier alpha value is -0.580. The number of rotatable bonds is 5. The summed E-state index contributed by atoms with van der Waals surface area (Å²) < 4.78 is 0.930. The number of nitrogens with one attached hydrogen (secondary N) is 1. The van der Waals surface area contributed by atoms with E-state index in [0.29, 0.717) is 11.6 Å². The largest absolute Gasteiger partial charge is 0.481 e. The van der Waals surface area contributed by atoms with Gasteiger partial charge in [0.25, 0.3) is 0 Å². The summed E-state index contributed by atoms with van der Waals surface area (Å²) in [5.41, 5.74) is 0.968. The van der Waals surface area contributed by atoms with Gasteiger partial charge in [0.15, 0.2) is 0 Å². The monoisotopic (exact) mass is 305 g/mol. The normalized spacial score (nSPS) is 12.4. The lowest BCUT2D eigenvalue weighted by atomic mass is 10.1. The zero-order valence-corrected chi connectivity index (χ0v) is 11.2. The summed E-state index contributed by atoms with van der Waals surface area (Å²) >= 11 is 9.41. The fourth-order valence-electron chi connectivity index (χ4n) is 1.36. The third-order valence-electron chi connectivity index (χ3n) is 2.22. The van der Waals surface area contributed by atoms with Crippen LogP contribution in [-0.2, 0) is 4.79 Å². The van der Waals surface area contributed by atoms with E-state index in [-0.39, 0.29) is 12.5 Å². The second kappa shape index (κ2) is 6.23. The van der Waals surface area contributed by atoms with Crippen LogP contribution in [0, 0.1) is 0 Å². The van der Waals surface area contributed by atoms with Crippen LogP contribution in [0.25, 0.3) is 0 Å². The highest BCUT2D eigenvalue weighted by atomic mass is 79.9. The van der Waals surface area contributed by atoms with Gasteiger partial charge in [0.2, 0.25) is 0 Å². The molecule has 0 fully saturated rings. The van der Waals surface area contributed by atoms with Crippen molar-refractivity contribution >= 4 is 33.5 Å². The van der Waals surface area contributed by atoms with Gasteiger partial charge in [-0.05, 0) is 24.6 Å². The van der Waals surface area contributed by atoms with Crippen LogP contribution in [-0.4, -0.2) is 17.6 Å². The molecule has 5 heteroatoms. The molecule has 1 aromatic carbocycles. The van der Waals surface area contributed by atoms with Crippen molar-refractivity contribution in [2.45, 2.75) is 19.4 Å². The molecule has 1 rings (SSSR count). The van der Waals surface area contributed by atoms with Crippen LogP contribution >= 0.6 is 27.5 Å². The Morgan fingerprint density at radius 2 is 2.31 bits per heavy atom. The molecule has 0 aliphatic rings. The summed E-state index contributed by atoms with van der Waals surface area (Å²) in [7, 11) is 0. The number of aliphatic carboxylic acids is 1. The molecule has 0 bridgehead atoms. The van der Waals surface area contributed by atoms with E-state index in [9.17, 15) is 4.79 Å². The maximum absolute atomic E-state index is 10.4. The maximum Gasteiger partial charge on any atom is 0.304 e. The fourth-order valence-corrected chi connectivity index (χ4v) is 2.20. The van der Waals surface area contributed by atoms with Gasteiger partial charge < -0.3 is 10.4 Å². The summed E-state index contributed by atoms with van der Waals surface area (Å²) in [6.45, 7) is 2.39. The Morgan fingerprint density at radius 3 is 2.88 bits per heavy atom. The molecule has 0 radical (unpaired) electrons. The minimum atomic E-state index is -0.804. The van der Waals surface area contributed by atoms with Gasteiger partial charge in [-0.2, -0.15) is 0 Å². The van der Waals surface area contributed by atoms with Crippen LogP contribution in [0.1, 0.15) is 24.9 Å². The van der Waals surface area contributed by atoms with Crippen LogP contribution < -0.4 is 5.32 Å². The quantitative estimate of drug-likeness (QED) is 0.878. The summed E-state index contributed by atoms with van der Waals surface area (Å²) in [5.74, 6) is -0.804. The average Bonchev–Trinajstić information content (AvgIpc) is 2.16. The Bertz CT molecular complexity index is 384. The molecule has 0 heterocycles. The highest BCUT2D eigenvalue weighted by molar-refractivity contribution is 9.10. The molecule has 0 aromatic heterocycles. The molecule has 0 saturated carbocycles. The standard InChI is InChI=1S/C11H13BrClNO2/c1-7(14-5-4-11(15)16)9-3-2-8(12)6-10(9)13/h2-3,6-7,14H,4-5H2,1H3,(H,15,16). The predicted octanol–water partition coefficient (Wildman–Crippen LogP) is 3.23. The first-order valence-corrected chi connectivity index (χ1v) is 6.08. The molecule has 0 saturated heterocycles. The van der Waals surface area contributed by atoms with Crippen molar-refractivity contribution < 1.29 is 9.90 Å². The van der Waals surface area contributed by atoms with Crippen LogP contribution in [0.15, 0.2) is 22.7 Å². The minimum Gasteiger partial charge on any atom is -0.481 e. The highest BCUT2D eigenvalue weighted by Gasteiger charge is 2.09. The van der Waals surface area contributed by atoms with Crippen LogP contribution in [0.3, 0.4) is 0 Å². The van der Waals surface area contributed by atoms with Crippen molar-refractivity contribution in [1.82, 2.24) is 5.32 Å². The molecule has 1 atom stereocenters. The van der Waals surface area contributed by atoms with E-state index in [4.69, 9.17) is 16.7 Å². The molecule has 16 heavy (non-hydrogen) atoms. The van der Waals surface area contributed by atoms with Gasteiger partial charge in [-0.1, -0.05) is 33.6 Å². The van der Waals surface area contributed by atoms with Crippen molar-refractivity contribution in [2.24, 2.45) is 0 Å². The first-order chi connectivity index (χ1) is 7.50. The van der Waals surface area contributed by atoms with Crippen LogP contribution in [0.5, 0.6) is 0 Å². The fraction of sp³-hybridized carbons (Fsp3) is 0.364. The second-order valence-corrected chi connectivity index (χ2v) is 4.81. The van der Waals surface area contributed by atoms with Gasteiger partial charge in [0.05, 0.1) is 6.42 Å². The van der Waals surface area contributed by atoms with Crippen molar-refractivity contribution in [3.05, 3.63) is 33.3 Å². The molecule has 0 amide bonds. The Labute approximate surface area is 108 Å². The smallest absolute Gasteiger partial charge is 0.304 e. The van der Waals surface area contributed by atoms with Crippen molar-refractivity contribution in [1.29, 1.82) is 0 Å². The lowest BCUT2D eigenvalue weighted by Crippen LogP contribution is -2.22. The molecule has 3 nitrogen and oxygen atoms in total. The highest BCUT2D eigenvalue weighted by Crippen LogP contribution is 2.26.